The number of hydrogen-bond donors (Lipinski definition) is 2. The second kappa shape index (κ2) is 6.91. The van der Waals surface area contributed by atoms with Gasteiger partial charge in [0.05, 0.1) is 6.61 Å². The first-order valence-corrected chi connectivity index (χ1v) is 8.86. The van der Waals surface area contributed by atoms with Crippen molar-refractivity contribution < 1.29 is 4.74 Å². The van der Waals surface area contributed by atoms with E-state index in [1.165, 1.54) is 55.3 Å². The molecule has 2 aliphatic carbocycles. The van der Waals surface area contributed by atoms with Gasteiger partial charge in [-0.2, -0.15) is 0 Å². The summed E-state index contributed by atoms with van der Waals surface area (Å²) in [5.41, 5.74) is 9.83. The van der Waals surface area contributed by atoms with Crippen LogP contribution in [0.3, 0.4) is 0 Å². The lowest BCUT2D eigenvalue weighted by atomic mass is 9.86. The Morgan fingerprint density at radius 2 is 1.68 bits per heavy atom. The largest absolute Gasteiger partial charge is 0.493 e. The zero-order valence-corrected chi connectivity index (χ0v) is 14.0. The van der Waals surface area contributed by atoms with Gasteiger partial charge in [0.25, 0.3) is 0 Å². The molecular formula is C19H30N2O. The van der Waals surface area contributed by atoms with Crippen molar-refractivity contribution in [3.05, 3.63) is 23.3 Å². The molecule has 0 saturated heterocycles. The highest BCUT2D eigenvalue weighted by Crippen LogP contribution is 2.33. The van der Waals surface area contributed by atoms with Crippen LogP contribution < -0.4 is 15.8 Å². The second-order valence-electron chi connectivity index (χ2n) is 7.28. The second-order valence-corrected chi connectivity index (χ2v) is 7.28. The Morgan fingerprint density at radius 1 is 1.00 bits per heavy atom. The van der Waals surface area contributed by atoms with Crippen LogP contribution in [0.15, 0.2) is 12.1 Å². The van der Waals surface area contributed by atoms with Gasteiger partial charge in [-0.25, -0.2) is 0 Å². The molecule has 1 aromatic carbocycles. The summed E-state index contributed by atoms with van der Waals surface area (Å²) in [4.78, 5) is 0. The van der Waals surface area contributed by atoms with Crippen LogP contribution in [-0.4, -0.2) is 19.2 Å². The summed E-state index contributed by atoms with van der Waals surface area (Å²) in [6.45, 7) is 6.31. The molecule has 2 fully saturated rings. The Morgan fingerprint density at radius 3 is 2.36 bits per heavy atom. The van der Waals surface area contributed by atoms with Crippen molar-refractivity contribution in [3.8, 4) is 5.75 Å². The third-order valence-corrected chi connectivity index (χ3v) is 5.38. The zero-order valence-electron chi connectivity index (χ0n) is 14.0. The summed E-state index contributed by atoms with van der Waals surface area (Å²) in [5, 5.41) is 3.65. The molecule has 2 aliphatic rings. The van der Waals surface area contributed by atoms with E-state index in [2.05, 4.69) is 31.3 Å². The third-order valence-electron chi connectivity index (χ3n) is 5.38. The molecule has 22 heavy (non-hydrogen) atoms. The predicted molar refractivity (Wildman–Crippen MR) is 92.6 cm³/mol. The molecule has 1 aromatic rings. The lowest BCUT2D eigenvalue weighted by Crippen LogP contribution is -2.29. The summed E-state index contributed by atoms with van der Waals surface area (Å²) in [6, 6.07) is 4.74. The molecule has 0 amide bonds. The fourth-order valence-electron chi connectivity index (χ4n) is 3.28. The van der Waals surface area contributed by atoms with Crippen molar-refractivity contribution in [1.82, 2.24) is 0 Å². The number of ether oxygens (including phenoxy) is 1. The SMILES string of the molecule is Cc1c(NC[C@H]2CC[C@H](N)CC2)ccc(OCC2CC2)c1C. The first-order chi connectivity index (χ1) is 10.6. The molecule has 3 nitrogen and oxygen atoms in total. The summed E-state index contributed by atoms with van der Waals surface area (Å²) in [6.07, 6.45) is 7.55. The van der Waals surface area contributed by atoms with Gasteiger partial charge in [-0.15, -0.1) is 0 Å². The minimum absolute atomic E-state index is 0.433. The quantitative estimate of drug-likeness (QED) is 0.834. The highest BCUT2D eigenvalue weighted by molar-refractivity contribution is 5.58. The van der Waals surface area contributed by atoms with E-state index in [9.17, 15) is 0 Å². The monoisotopic (exact) mass is 302 g/mol. The van der Waals surface area contributed by atoms with Crippen molar-refractivity contribution in [2.75, 3.05) is 18.5 Å². The molecule has 0 aromatic heterocycles. The van der Waals surface area contributed by atoms with Gasteiger partial charge >= 0.3 is 0 Å². The maximum absolute atomic E-state index is 5.98. The standard InChI is InChI=1S/C19H30N2O/c1-13-14(2)19(22-12-16-3-4-16)10-9-18(13)21-11-15-5-7-17(20)8-6-15/h9-10,15-17,21H,3-8,11-12,20H2,1-2H3/t15-,17-. The molecule has 0 heterocycles. The van der Waals surface area contributed by atoms with Gasteiger partial charge in [0.1, 0.15) is 5.75 Å². The maximum atomic E-state index is 5.98. The summed E-state index contributed by atoms with van der Waals surface area (Å²) < 4.78 is 5.96. The summed E-state index contributed by atoms with van der Waals surface area (Å²) in [7, 11) is 0. The van der Waals surface area contributed by atoms with E-state index < -0.39 is 0 Å². The van der Waals surface area contributed by atoms with E-state index in [1.54, 1.807) is 0 Å². The first-order valence-electron chi connectivity index (χ1n) is 8.86. The third kappa shape index (κ3) is 3.95. The van der Waals surface area contributed by atoms with Crippen molar-refractivity contribution in [2.45, 2.75) is 58.4 Å². The number of rotatable bonds is 6. The normalized spacial score (nSPS) is 25.0. The average Bonchev–Trinajstić information content (AvgIpc) is 3.34. The van der Waals surface area contributed by atoms with Crippen LogP contribution in [0.25, 0.3) is 0 Å². The van der Waals surface area contributed by atoms with Crippen LogP contribution in [0.2, 0.25) is 0 Å². The van der Waals surface area contributed by atoms with Crippen molar-refractivity contribution in [3.63, 3.8) is 0 Å². The molecule has 3 heteroatoms. The van der Waals surface area contributed by atoms with Crippen molar-refractivity contribution in [1.29, 1.82) is 0 Å². The number of nitrogens with two attached hydrogens (primary N) is 1. The van der Waals surface area contributed by atoms with Crippen LogP contribution in [-0.2, 0) is 0 Å². The van der Waals surface area contributed by atoms with Crippen LogP contribution >= 0.6 is 0 Å². The van der Waals surface area contributed by atoms with Gasteiger partial charge in [0.2, 0.25) is 0 Å². The summed E-state index contributed by atoms with van der Waals surface area (Å²) >= 11 is 0. The Bertz CT molecular complexity index is 502. The Kier molecular flexibility index (Phi) is 4.92. The van der Waals surface area contributed by atoms with Gasteiger partial charge in [-0.1, -0.05) is 0 Å². The van der Waals surface area contributed by atoms with E-state index in [1.807, 2.05) is 0 Å². The molecule has 3 rings (SSSR count). The predicted octanol–water partition coefficient (Wildman–Crippen LogP) is 4.02. The topological polar surface area (TPSA) is 47.3 Å². The Balaban J connectivity index is 1.55. The van der Waals surface area contributed by atoms with Crippen molar-refractivity contribution in [2.24, 2.45) is 17.6 Å². The van der Waals surface area contributed by atoms with Gasteiger partial charge in [0, 0.05) is 18.3 Å². The average molecular weight is 302 g/mol. The van der Waals surface area contributed by atoms with E-state index in [0.717, 1.165) is 30.7 Å². The Hall–Kier alpha value is -1.22. The van der Waals surface area contributed by atoms with E-state index in [-0.39, 0.29) is 0 Å². The van der Waals surface area contributed by atoms with Crippen molar-refractivity contribution >= 4 is 5.69 Å². The number of benzene rings is 1. The molecule has 3 N–H and O–H groups in total. The van der Waals surface area contributed by atoms with E-state index >= 15 is 0 Å². The van der Waals surface area contributed by atoms with Gasteiger partial charge in [0.15, 0.2) is 0 Å². The van der Waals surface area contributed by atoms with Crippen LogP contribution in [0.4, 0.5) is 5.69 Å². The lowest BCUT2D eigenvalue weighted by Gasteiger charge is -2.27. The molecular weight excluding hydrogens is 272 g/mol. The fourth-order valence-corrected chi connectivity index (χ4v) is 3.28. The molecule has 0 bridgehead atoms. The van der Waals surface area contributed by atoms with E-state index in [4.69, 9.17) is 10.5 Å². The number of nitrogens with one attached hydrogen (secondary N) is 1. The van der Waals surface area contributed by atoms with Crippen LogP contribution in [0, 0.1) is 25.7 Å². The van der Waals surface area contributed by atoms with Gasteiger partial charge in [-0.05, 0) is 87.5 Å². The van der Waals surface area contributed by atoms with E-state index in [0.29, 0.717) is 6.04 Å². The summed E-state index contributed by atoms with van der Waals surface area (Å²) in [5.74, 6) is 2.62. The molecule has 0 spiro atoms. The maximum Gasteiger partial charge on any atom is 0.122 e. The fraction of sp³-hybridized carbons (Fsp3) is 0.684. The highest BCUT2D eigenvalue weighted by atomic mass is 16.5. The minimum atomic E-state index is 0.433. The van der Waals surface area contributed by atoms with Crippen LogP contribution in [0.1, 0.15) is 49.7 Å². The smallest absolute Gasteiger partial charge is 0.122 e. The number of anilines is 1. The zero-order chi connectivity index (χ0) is 15.5. The minimum Gasteiger partial charge on any atom is -0.493 e. The highest BCUT2D eigenvalue weighted by Gasteiger charge is 2.22. The molecule has 0 radical (unpaired) electrons. The Labute approximate surface area is 134 Å². The molecule has 0 unspecified atom stereocenters. The molecule has 0 aliphatic heterocycles. The van der Waals surface area contributed by atoms with Gasteiger partial charge in [-0.3, -0.25) is 0 Å². The molecule has 2 saturated carbocycles. The lowest BCUT2D eigenvalue weighted by molar-refractivity contribution is 0.297. The first kappa shape index (κ1) is 15.7. The molecule has 0 atom stereocenters. The molecule has 122 valence electrons. The van der Waals surface area contributed by atoms with Crippen LogP contribution in [0.5, 0.6) is 5.75 Å². The van der Waals surface area contributed by atoms with Gasteiger partial charge < -0.3 is 15.8 Å². The number of hydrogen-bond acceptors (Lipinski definition) is 3.